The Kier molecular flexibility index (Phi) is 5.26. The summed E-state index contributed by atoms with van der Waals surface area (Å²) in [7, 11) is 1.71. The van der Waals surface area contributed by atoms with Crippen molar-refractivity contribution in [2.75, 3.05) is 20.3 Å². The van der Waals surface area contributed by atoms with Gasteiger partial charge in [-0.2, -0.15) is 0 Å². The lowest BCUT2D eigenvalue weighted by Gasteiger charge is -2.16. The van der Waals surface area contributed by atoms with Crippen LogP contribution in [-0.4, -0.2) is 40.9 Å². The summed E-state index contributed by atoms with van der Waals surface area (Å²) in [6, 6.07) is 6.17. The van der Waals surface area contributed by atoms with Crippen LogP contribution in [0.25, 0.3) is 5.65 Å². The van der Waals surface area contributed by atoms with Crippen molar-refractivity contribution in [3.63, 3.8) is 0 Å². The standard InChI is InChI=1S/C13H21N5O/c1-19-10-11(5-4-7-14)15-9-13-17-16-12-6-2-3-8-18(12)13/h2-3,6,8,11,15H,4-5,7,9-10,14H2,1H3. The highest BCUT2D eigenvalue weighted by molar-refractivity contribution is 5.36. The predicted octanol–water partition coefficient (Wildman–Crippen LogP) is 0.573. The van der Waals surface area contributed by atoms with Gasteiger partial charge in [-0.25, -0.2) is 0 Å². The fourth-order valence-corrected chi connectivity index (χ4v) is 2.06. The largest absolute Gasteiger partial charge is 0.383 e. The summed E-state index contributed by atoms with van der Waals surface area (Å²) in [5, 5.41) is 11.8. The molecular weight excluding hydrogens is 242 g/mol. The first kappa shape index (κ1) is 13.9. The zero-order valence-electron chi connectivity index (χ0n) is 11.2. The van der Waals surface area contributed by atoms with Crippen LogP contribution in [0.15, 0.2) is 24.4 Å². The summed E-state index contributed by atoms with van der Waals surface area (Å²) in [6.07, 6.45) is 3.96. The Labute approximate surface area is 113 Å². The minimum Gasteiger partial charge on any atom is -0.383 e. The maximum absolute atomic E-state index is 5.54. The third kappa shape index (κ3) is 3.73. The predicted molar refractivity (Wildman–Crippen MR) is 73.8 cm³/mol. The Morgan fingerprint density at radius 2 is 2.32 bits per heavy atom. The van der Waals surface area contributed by atoms with Crippen molar-refractivity contribution in [1.82, 2.24) is 19.9 Å². The van der Waals surface area contributed by atoms with Gasteiger partial charge in [-0.1, -0.05) is 6.07 Å². The minimum atomic E-state index is 0.296. The van der Waals surface area contributed by atoms with Gasteiger partial charge in [0.1, 0.15) is 0 Å². The van der Waals surface area contributed by atoms with Gasteiger partial charge in [0.05, 0.1) is 13.2 Å². The molecular formula is C13H21N5O. The first-order valence-corrected chi connectivity index (χ1v) is 6.56. The van der Waals surface area contributed by atoms with Crippen molar-refractivity contribution < 1.29 is 4.74 Å². The third-order valence-electron chi connectivity index (χ3n) is 3.06. The van der Waals surface area contributed by atoms with Crippen LogP contribution in [0.1, 0.15) is 18.7 Å². The second-order valence-electron chi connectivity index (χ2n) is 4.51. The summed E-state index contributed by atoms with van der Waals surface area (Å²) in [5.41, 5.74) is 6.41. The summed E-state index contributed by atoms with van der Waals surface area (Å²) in [6.45, 7) is 2.05. The number of hydrogen-bond donors (Lipinski definition) is 2. The monoisotopic (exact) mass is 263 g/mol. The van der Waals surface area contributed by atoms with Crippen molar-refractivity contribution in [2.24, 2.45) is 5.73 Å². The molecule has 6 heteroatoms. The van der Waals surface area contributed by atoms with Crippen LogP contribution in [-0.2, 0) is 11.3 Å². The zero-order chi connectivity index (χ0) is 13.5. The summed E-state index contributed by atoms with van der Waals surface area (Å²) in [4.78, 5) is 0. The second kappa shape index (κ2) is 7.18. The first-order valence-electron chi connectivity index (χ1n) is 6.56. The highest BCUT2D eigenvalue weighted by Crippen LogP contribution is 2.04. The summed E-state index contributed by atoms with van der Waals surface area (Å²) in [5.74, 6) is 0.907. The van der Waals surface area contributed by atoms with Gasteiger partial charge < -0.3 is 15.8 Å². The van der Waals surface area contributed by atoms with Crippen LogP contribution in [0.5, 0.6) is 0 Å². The van der Waals surface area contributed by atoms with E-state index in [1.165, 1.54) is 0 Å². The molecule has 19 heavy (non-hydrogen) atoms. The van der Waals surface area contributed by atoms with Gasteiger partial charge in [0, 0.05) is 19.3 Å². The molecule has 0 aromatic carbocycles. The fourth-order valence-electron chi connectivity index (χ4n) is 2.06. The molecule has 2 aromatic heterocycles. The molecule has 2 aromatic rings. The maximum atomic E-state index is 5.54. The molecule has 0 aliphatic carbocycles. The molecule has 0 aliphatic heterocycles. The SMILES string of the molecule is COCC(CCCN)NCc1nnc2ccccn12. The van der Waals surface area contributed by atoms with Gasteiger partial charge in [0.25, 0.3) is 0 Å². The molecule has 0 amide bonds. The molecule has 0 spiro atoms. The van der Waals surface area contributed by atoms with Crippen LogP contribution in [0, 0.1) is 0 Å². The highest BCUT2D eigenvalue weighted by atomic mass is 16.5. The van der Waals surface area contributed by atoms with Crippen molar-refractivity contribution in [2.45, 2.75) is 25.4 Å². The second-order valence-corrected chi connectivity index (χ2v) is 4.51. The molecule has 0 bridgehead atoms. The van der Waals surface area contributed by atoms with Crippen LogP contribution in [0.4, 0.5) is 0 Å². The van der Waals surface area contributed by atoms with E-state index < -0.39 is 0 Å². The van der Waals surface area contributed by atoms with Crippen LogP contribution < -0.4 is 11.1 Å². The Morgan fingerprint density at radius 3 is 3.11 bits per heavy atom. The van der Waals surface area contributed by atoms with Crippen LogP contribution in [0.2, 0.25) is 0 Å². The normalized spacial score (nSPS) is 12.9. The van der Waals surface area contributed by atoms with Gasteiger partial charge in [-0.15, -0.1) is 10.2 Å². The van der Waals surface area contributed by atoms with Crippen molar-refractivity contribution in [3.8, 4) is 0 Å². The average Bonchev–Trinajstić information content (AvgIpc) is 2.85. The van der Waals surface area contributed by atoms with Gasteiger partial charge in [-0.05, 0) is 31.5 Å². The van der Waals surface area contributed by atoms with E-state index in [9.17, 15) is 0 Å². The summed E-state index contributed by atoms with van der Waals surface area (Å²) < 4.78 is 7.20. The number of nitrogens with zero attached hydrogens (tertiary/aromatic N) is 3. The quantitative estimate of drug-likeness (QED) is 0.728. The minimum absolute atomic E-state index is 0.296. The van der Waals surface area contributed by atoms with Crippen LogP contribution >= 0.6 is 0 Å². The zero-order valence-corrected chi connectivity index (χ0v) is 11.2. The molecule has 0 aliphatic rings. The Balaban J connectivity index is 1.96. The Hall–Kier alpha value is -1.50. The average molecular weight is 263 g/mol. The van der Waals surface area contributed by atoms with E-state index in [0.717, 1.165) is 24.3 Å². The van der Waals surface area contributed by atoms with Gasteiger partial charge >= 0.3 is 0 Å². The smallest absolute Gasteiger partial charge is 0.160 e. The van der Waals surface area contributed by atoms with E-state index in [0.29, 0.717) is 25.7 Å². The van der Waals surface area contributed by atoms with E-state index in [-0.39, 0.29) is 0 Å². The maximum Gasteiger partial charge on any atom is 0.160 e. The number of ether oxygens (including phenoxy) is 1. The molecule has 1 unspecified atom stereocenters. The fraction of sp³-hybridized carbons (Fsp3) is 0.538. The highest BCUT2D eigenvalue weighted by Gasteiger charge is 2.10. The topological polar surface area (TPSA) is 77.5 Å². The molecule has 0 fully saturated rings. The van der Waals surface area contributed by atoms with Crippen LogP contribution in [0.3, 0.4) is 0 Å². The number of fused-ring (bicyclic) bond motifs is 1. The van der Waals surface area contributed by atoms with E-state index in [1.54, 1.807) is 7.11 Å². The Bertz CT molecular complexity index is 498. The molecule has 6 nitrogen and oxygen atoms in total. The van der Waals surface area contributed by atoms with Gasteiger partial charge in [-0.3, -0.25) is 4.40 Å². The first-order chi connectivity index (χ1) is 9.35. The molecule has 2 heterocycles. The lowest BCUT2D eigenvalue weighted by molar-refractivity contribution is 0.160. The number of rotatable bonds is 8. The number of aromatic nitrogens is 3. The molecule has 104 valence electrons. The number of nitrogens with two attached hydrogens (primary N) is 1. The van der Waals surface area contributed by atoms with Crippen molar-refractivity contribution in [1.29, 1.82) is 0 Å². The molecule has 0 saturated carbocycles. The molecule has 1 atom stereocenters. The molecule has 2 rings (SSSR count). The van der Waals surface area contributed by atoms with E-state index in [2.05, 4.69) is 15.5 Å². The lowest BCUT2D eigenvalue weighted by atomic mass is 10.1. The van der Waals surface area contributed by atoms with E-state index >= 15 is 0 Å². The van der Waals surface area contributed by atoms with Crippen molar-refractivity contribution >= 4 is 5.65 Å². The lowest BCUT2D eigenvalue weighted by Crippen LogP contribution is -2.33. The number of methoxy groups -OCH3 is 1. The number of nitrogens with one attached hydrogen (secondary N) is 1. The summed E-state index contributed by atoms with van der Waals surface area (Å²) >= 11 is 0. The van der Waals surface area contributed by atoms with Gasteiger partial charge in [0.15, 0.2) is 11.5 Å². The van der Waals surface area contributed by atoms with E-state index in [1.807, 2.05) is 28.8 Å². The Morgan fingerprint density at radius 1 is 1.42 bits per heavy atom. The van der Waals surface area contributed by atoms with Gasteiger partial charge in [0.2, 0.25) is 0 Å². The number of hydrogen-bond acceptors (Lipinski definition) is 5. The van der Waals surface area contributed by atoms with E-state index in [4.69, 9.17) is 10.5 Å². The molecule has 0 radical (unpaired) electrons. The third-order valence-corrected chi connectivity index (χ3v) is 3.06. The van der Waals surface area contributed by atoms with Crippen molar-refractivity contribution in [3.05, 3.63) is 30.2 Å². The number of pyridine rings is 1. The molecule has 3 N–H and O–H groups in total. The molecule has 0 saturated heterocycles.